The summed E-state index contributed by atoms with van der Waals surface area (Å²) in [5, 5.41) is 3.94. The van der Waals surface area contributed by atoms with Crippen LogP contribution in [0.1, 0.15) is 12.5 Å². The van der Waals surface area contributed by atoms with E-state index in [1.54, 1.807) is 26.2 Å². The van der Waals surface area contributed by atoms with Crippen molar-refractivity contribution in [2.45, 2.75) is 13.3 Å². The minimum atomic E-state index is -0.341. The highest BCUT2D eigenvalue weighted by Crippen LogP contribution is 2.46. The fraction of sp³-hybridized carbons (Fsp3) is 0.318. The number of carbonyl (C=O) groups is 1. The molecule has 0 spiro atoms. The molecular weight excluding hydrogens is 358 g/mol. The lowest BCUT2D eigenvalue weighted by molar-refractivity contribution is 0.160. The maximum absolute atomic E-state index is 12.6. The molecule has 0 bridgehead atoms. The van der Waals surface area contributed by atoms with Gasteiger partial charge in [-0.2, -0.15) is 0 Å². The van der Waals surface area contributed by atoms with Crippen LogP contribution in [0.25, 0.3) is 21.5 Å². The molecule has 1 aliphatic rings. The van der Waals surface area contributed by atoms with E-state index in [9.17, 15) is 4.79 Å². The van der Waals surface area contributed by atoms with Crippen molar-refractivity contribution in [1.29, 1.82) is 0 Å². The first-order valence-corrected chi connectivity index (χ1v) is 9.25. The normalized spacial score (nSPS) is 12.9. The van der Waals surface area contributed by atoms with Gasteiger partial charge >= 0.3 is 6.09 Å². The molecule has 3 aromatic rings. The lowest BCUT2D eigenvalue weighted by atomic mass is 9.91. The number of nitrogens with zero attached hydrogens (tertiary/aromatic N) is 1. The van der Waals surface area contributed by atoms with Gasteiger partial charge < -0.3 is 18.9 Å². The van der Waals surface area contributed by atoms with Crippen LogP contribution in [-0.4, -0.2) is 40.6 Å². The molecule has 0 N–H and O–H groups in total. The molecule has 4 rings (SSSR count). The average Bonchev–Trinajstić information content (AvgIpc) is 2.72. The van der Waals surface area contributed by atoms with E-state index in [0.717, 1.165) is 45.0 Å². The van der Waals surface area contributed by atoms with Gasteiger partial charge in [-0.25, -0.2) is 4.79 Å². The van der Waals surface area contributed by atoms with Crippen molar-refractivity contribution >= 4 is 33.3 Å². The average molecular weight is 381 g/mol. The van der Waals surface area contributed by atoms with Crippen LogP contribution in [0, 0.1) is 0 Å². The molecule has 1 amide bonds. The third-order valence-corrected chi connectivity index (χ3v) is 5.22. The Hall–Kier alpha value is -3.15. The maximum atomic E-state index is 12.6. The summed E-state index contributed by atoms with van der Waals surface area (Å²) in [4.78, 5) is 14.3. The van der Waals surface area contributed by atoms with Crippen molar-refractivity contribution in [3.8, 4) is 17.2 Å². The zero-order valence-corrected chi connectivity index (χ0v) is 16.5. The first kappa shape index (κ1) is 18.2. The largest absolute Gasteiger partial charge is 0.497 e. The molecule has 3 aromatic carbocycles. The van der Waals surface area contributed by atoms with Crippen LogP contribution in [0.2, 0.25) is 0 Å². The first-order chi connectivity index (χ1) is 13.6. The summed E-state index contributed by atoms with van der Waals surface area (Å²) in [6.45, 7) is 2.69. The van der Waals surface area contributed by atoms with E-state index in [1.165, 1.54) is 0 Å². The molecule has 0 aromatic heterocycles. The molecule has 0 atom stereocenters. The molecule has 0 aliphatic carbocycles. The molecule has 0 unspecified atom stereocenters. The van der Waals surface area contributed by atoms with E-state index in [1.807, 2.05) is 37.3 Å². The monoisotopic (exact) mass is 381 g/mol. The van der Waals surface area contributed by atoms with Gasteiger partial charge in [0.15, 0.2) is 11.5 Å². The van der Waals surface area contributed by atoms with Gasteiger partial charge in [0.05, 0.1) is 33.6 Å². The zero-order valence-electron chi connectivity index (χ0n) is 16.5. The van der Waals surface area contributed by atoms with Crippen molar-refractivity contribution in [2.75, 3.05) is 39.4 Å². The minimum Gasteiger partial charge on any atom is -0.497 e. The van der Waals surface area contributed by atoms with E-state index in [4.69, 9.17) is 18.9 Å². The van der Waals surface area contributed by atoms with Gasteiger partial charge in [0.25, 0.3) is 0 Å². The molecule has 0 radical (unpaired) electrons. The second-order valence-corrected chi connectivity index (χ2v) is 6.60. The molecule has 6 heteroatoms. The van der Waals surface area contributed by atoms with Crippen molar-refractivity contribution in [2.24, 2.45) is 0 Å². The number of fused-ring (bicyclic) bond motifs is 2. The number of anilines is 1. The Kier molecular flexibility index (Phi) is 4.63. The third-order valence-electron chi connectivity index (χ3n) is 5.22. The van der Waals surface area contributed by atoms with Gasteiger partial charge in [-0.1, -0.05) is 0 Å². The summed E-state index contributed by atoms with van der Waals surface area (Å²) < 4.78 is 21.9. The van der Waals surface area contributed by atoms with Gasteiger partial charge in [-0.15, -0.1) is 0 Å². The summed E-state index contributed by atoms with van der Waals surface area (Å²) >= 11 is 0. The Morgan fingerprint density at radius 1 is 1.00 bits per heavy atom. The van der Waals surface area contributed by atoms with E-state index in [2.05, 4.69) is 0 Å². The SMILES string of the molecule is CCOC(=O)N1CCc2cc(OC)cc3c2c1cc1c(OC)c(OC)ccc13. The van der Waals surface area contributed by atoms with Crippen LogP contribution in [0.4, 0.5) is 10.5 Å². The highest BCUT2D eigenvalue weighted by molar-refractivity contribution is 6.19. The standard InChI is InChI=1S/C22H23NO5/c1-5-28-22(24)23-9-8-13-10-14(25-2)11-16-15-6-7-19(26-3)21(27-4)17(15)12-18(23)20(13)16/h6-7,10-12H,5,8-9H2,1-4H3. The van der Waals surface area contributed by atoms with E-state index in [-0.39, 0.29) is 6.09 Å². The molecule has 1 heterocycles. The first-order valence-electron chi connectivity index (χ1n) is 9.25. The maximum Gasteiger partial charge on any atom is 0.414 e. The van der Waals surface area contributed by atoms with Gasteiger partial charge in [0.2, 0.25) is 0 Å². The highest BCUT2D eigenvalue weighted by Gasteiger charge is 2.27. The fourth-order valence-corrected chi connectivity index (χ4v) is 4.00. The third kappa shape index (κ3) is 2.68. The zero-order chi connectivity index (χ0) is 19.8. The van der Waals surface area contributed by atoms with Crippen molar-refractivity contribution < 1.29 is 23.7 Å². The lowest BCUT2D eigenvalue weighted by Gasteiger charge is -2.30. The van der Waals surface area contributed by atoms with Crippen LogP contribution < -0.4 is 19.1 Å². The fourth-order valence-electron chi connectivity index (χ4n) is 4.00. The molecule has 0 saturated heterocycles. The summed E-state index contributed by atoms with van der Waals surface area (Å²) in [6.07, 6.45) is 0.393. The number of hydrogen-bond acceptors (Lipinski definition) is 5. The quantitative estimate of drug-likeness (QED) is 0.621. The van der Waals surface area contributed by atoms with Crippen molar-refractivity contribution in [3.05, 3.63) is 35.9 Å². The molecule has 0 fully saturated rings. The van der Waals surface area contributed by atoms with Crippen LogP contribution in [0.15, 0.2) is 30.3 Å². The molecule has 146 valence electrons. The number of ether oxygens (including phenoxy) is 4. The Morgan fingerprint density at radius 3 is 2.50 bits per heavy atom. The van der Waals surface area contributed by atoms with Crippen LogP contribution >= 0.6 is 0 Å². The summed E-state index contributed by atoms with van der Waals surface area (Å²) in [5.41, 5.74) is 1.97. The molecule has 1 aliphatic heterocycles. The Balaban J connectivity index is 2.12. The Labute approximate surface area is 163 Å². The smallest absolute Gasteiger partial charge is 0.414 e. The topological polar surface area (TPSA) is 57.2 Å². The Bertz CT molecular complexity index is 1080. The Morgan fingerprint density at radius 2 is 1.82 bits per heavy atom. The number of hydrogen-bond donors (Lipinski definition) is 0. The summed E-state index contributed by atoms with van der Waals surface area (Å²) in [6, 6.07) is 9.95. The van der Waals surface area contributed by atoms with Crippen LogP contribution in [-0.2, 0) is 11.2 Å². The second-order valence-electron chi connectivity index (χ2n) is 6.60. The van der Waals surface area contributed by atoms with Crippen molar-refractivity contribution in [1.82, 2.24) is 0 Å². The number of carbonyl (C=O) groups excluding carboxylic acids is 1. The van der Waals surface area contributed by atoms with E-state index >= 15 is 0 Å². The van der Waals surface area contributed by atoms with Crippen LogP contribution in [0.5, 0.6) is 17.2 Å². The number of methoxy groups -OCH3 is 3. The lowest BCUT2D eigenvalue weighted by Crippen LogP contribution is -2.35. The van der Waals surface area contributed by atoms with Gasteiger partial charge in [0.1, 0.15) is 5.75 Å². The summed E-state index contributed by atoms with van der Waals surface area (Å²) in [7, 11) is 4.89. The molecule has 0 saturated carbocycles. The number of benzene rings is 3. The molecule has 28 heavy (non-hydrogen) atoms. The van der Waals surface area contributed by atoms with Gasteiger partial charge in [0, 0.05) is 17.3 Å². The van der Waals surface area contributed by atoms with Gasteiger partial charge in [-0.05, 0) is 60.0 Å². The minimum absolute atomic E-state index is 0.332. The summed E-state index contributed by atoms with van der Waals surface area (Å²) in [5.74, 6) is 2.07. The predicted molar refractivity (Wildman–Crippen MR) is 109 cm³/mol. The highest BCUT2D eigenvalue weighted by atomic mass is 16.6. The van der Waals surface area contributed by atoms with E-state index in [0.29, 0.717) is 24.7 Å². The molecular formula is C22H23NO5. The van der Waals surface area contributed by atoms with Gasteiger partial charge in [-0.3, -0.25) is 4.90 Å². The van der Waals surface area contributed by atoms with Crippen LogP contribution in [0.3, 0.4) is 0 Å². The number of rotatable bonds is 4. The second kappa shape index (κ2) is 7.11. The number of amides is 1. The van der Waals surface area contributed by atoms with E-state index < -0.39 is 0 Å². The predicted octanol–water partition coefficient (Wildman–Crippen LogP) is 4.54. The van der Waals surface area contributed by atoms with Crippen molar-refractivity contribution in [3.63, 3.8) is 0 Å². The molecule has 6 nitrogen and oxygen atoms in total.